The van der Waals surface area contributed by atoms with Crippen LogP contribution in [0.15, 0.2) is 21.5 Å². The van der Waals surface area contributed by atoms with E-state index in [-0.39, 0.29) is 11.2 Å². The predicted octanol–water partition coefficient (Wildman–Crippen LogP) is 3.22. The highest BCUT2D eigenvalue weighted by Crippen LogP contribution is 2.24. The molecule has 0 fully saturated rings. The summed E-state index contributed by atoms with van der Waals surface area (Å²) < 4.78 is 5.88. The van der Waals surface area contributed by atoms with Gasteiger partial charge in [-0.25, -0.2) is 0 Å². The van der Waals surface area contributed by atoms with Gasteiger partial charge in [0.05, 0.1) is 8.96 Å². The number of hydrogen-bond donors (Lipinski definition) is 0. The molecule has 0 saturated heterocycles. The van der Waals surface area contributed by atoms with Gasteiger partial charge in [0.2, 0.25) is 5.43 Å². The Hall–Kier alpha value is -1.17. The van der Waals surface area contributed by atoms with Crippen LogP contribution in [0.25, 0.3) is 11.0 Å². The van der Waals surface area contributed by atoms with Crippen molar-refractivity contribution in [2.45, 2.75) is 20.8 Å². The minimum Gasteiger partial charge on any atom is -0.463 e. The van der Waals surface area contributed by atoms with Crippen LogP contribution < -0.4 is 5.43 Å². The molecule has 1 aromatic heterocycles. The molecule has 1 aromatic carbocycles. The number of carbonyl (C=O) groups is 1. The summed E-state index contributed by atoms with van der Waals surface area (Å²) in [6.07, 6.45) is 1.42. The van der Waals surface area contributed by atoms with Crippen LogP contribution >= 0.6 is 22.6 Å². The minimum absolute atomic E-state index is 0.106. The summed E-state index contributed by atoms with van der Waals surface area (Å²) in [5.41, 5.74) is 2.61. The lowest BCUT2D eigenvalue weighted by atomic mass is 9.96. The lowest BCUT2D eigenvalue weighted by Crippen LogP contribution is -2.11. The van der Waals surface area contributed by atoms with Crippen LogP contribution in [0.5, 0.6) is 0 Å². The molecule has 0 spiro atoms. The molecular formula is C13H11IO3. The van der Waals surface area contributed by atoms with E-state index in [0.29, 0.717) is 20.1 Å². The number of aryl methyl sites for hydroxylation is 1. The Morgan fingerprint density at radius 3 is 2.59 bits per heavy atom. The highest BCUT2D eigenvalue weighted by molar-refractivity contribution is 14.1. The number of hydrogen-bond acceptors (Lipinski definition) is 3. The summed E-state index contributed by atoms with van der Waals surface area (Å²) in [6, 6.07) is 1.80. The number of fused-ring (bicyclic) bond motifs is 1. The van der Waals surface area contributed by atoms with Gasteiger partial charge in [0.1, 0.15) is 11.8 Å². The van der Waals surface area contributed by atoms with E-state index >= 15 is 0 Å². The van der Waals surface area contributed by atoms with Crippen LogP contribution in [-0.4, -0.2) is 5.78 Å². The van der Waals surface area contributed by atoms with Crippen molar-refractivity contribution in [1.29, 1.82) is 0 Å². The van der Waals surface area contributed by atoms with Crippen LogP contribution in [0.2, 0.25) is 0 Å². The molecular weight excluding hydrogens is 331 g/mol. The van der Waals surface area contributed by atoms with Crippen molar-refractivity contribution in [3.8, 4) is 0 Å². The van der Waals surface area contributed by atoms with Crippen molar-refractivity contribution in [2.24, 2.45) is 0 Å². The Labute approximate surface area is 112 Å². The first-order valence-corrected chi connectivity index (χ1v) is 6.23. The van der Waals surface area contributed by atoms with Gasteiger partial charge >= 0.3 is 0 Å². The highest BCUT2D eigenvalue weighted by Gasteiger charge is 2.17. The second-order valence-electron chi connectivity index (χ2n) is 4.04. The summed E-state index contributed by atoms with van der Waals surface area (Å²) in [7, 11) is 0. The Bertz CT molecular complexity index is 683. The molecule has 88 valence electrons. The standard InChI is InChI=1S/C13H11IO3/c1-6-4-10-12(11(7(6)2)8(3)15)13(16)9(14)5-17-10/h4-5H,1-3H3. The molecule has 0 aliphatic carbocycles. The van der Waals surface area contributed by atoms with Crippen LogP contribution in [0.3, 0.4) is 0 Å². The molecule has 0 aliphatic heterocycles. The van der Waals surface area contributed by atoms with Crippen LogP contribution in [0.4, 0.5) is 0 Å². The molecule has 1 heterocycles. The van der Waals surface area contributed by atoms with Gasteiger partial charge in [0, 0.05) is 5.56 Å². The zero-order chi connectivity index (χ0) is 12.7. The number of Topliss-reactive ketones (excluding diaryl/α,β-unsaturated/α-hetero) is 1. The average Bonchev–Trinajstić information content (AvgIpc) is 2.26. The van der Waals surface area contributed by atoms with Gasteiger partial charge in [0.15, 0.2) is 5.78 Å². The van der Waals surface area contributed by atoms with Crippen LogP contribution in [0, 0.1) is 17.4 Å². The molecule has 0 radical (unpaired) electrons. The van der Waals surface area contributed by atoms with Crippen molar-refractivity contribution in [1.82, 2.24) is 0 Å². The summed E-state index contributed by atoms with van der Waals surface area (Å²) in [6.45, 7) is 5.23. The zero-order valence-electron chi connectivity index (χ0n) is 9.76. The van der Waals surface area contributed by atoms with Crippen molar-refractivity contribution in [2.75, 3.05) is 0 Å². The van der Waals surface area contributed by atoms with E-state index in [4.69, 9.17) is 4.42 Å². The first-order valence-electron chi connectivity index (χ1n) is 5.15. The monoisotopic (exact) mass is 342 g/mol. The van der Waals surface area contributed by atoms with Gasteiger partial charge in [-0.15, -0.1) is 0 Å². The van der Waals surface area contributed by atoms with Crippen molar-refractivity contribution in [3.63, 3.8) is 0 Å². The maximum absolute atomic E-state index is 12.1. The van der Waals surface area contributed by atoms with Gasteiger partial charge < -0.3 is 4.42 Å². The van der Waals surface area contributed by atoms with Crippen molar-refractivity contribution >= 4 is 39.3 Å². The molecule has 3 nitrogen and oxygen atoms in total. The van der Waals surface area contributed by atoms with Gasteiger partial charge in [-0.2, -0.15) is 0 Å². The van der Waals surface area contributed by atoms with Crippen molar-refractivity contribution < 1.29 is 9.21 Å². The molecule has 0 saturated carbocycles. The smallest absolute Gasteiger partial charge is 0.206 e. The van der Waals surface area contributed by atoms with E-state index < -0.39 is 0 Å². The van der Waals surface area contributed by atoms with E-state index in [1.807, 2.05) is 36.4 Å². The molecule has 17 heavy (non-hydrogen) atoms. The highest BCUT2D eigenvalue weighted by atomic mass is 127. The van der Waals surface area contributed by atoms with E-state index in [1.165, 1.54) is 13.2 Å². The molecule has 0 N–H and O–H groups in total. The number of carbonyl (C=O) groups excluding carboxylic acids is 1. The van der Waals surface area contributed by atoms with Gasteiger partial charge in [-0.1, -0.05) is 0 Å². The lowest BCUT2D eigenvalue weighted by Gasteiger charge is -2.09. The van der Waals surface area contributed by atoms with Gasteiger partial charge in [-0.3, -0.25) is 9.59 Å². The lowest BCUT2D eigenvalue weighted by molar-refractivity contribution is 0.101. The maximum atomic E-state index is 12.1. The molecule has 0 unspecified atom stereocenters. The summed E-state index contributed by atoms with van der Waals surface area (Å²) in [4.78, 5) is 23.8. The quantitative estimate of drug-likeness (QED) is 0.591. The third-order valence-corrected chi connectivity index (χ3v) is 3.64. The first-order chi connectivity index (χ1) is 7.93. The van der Waals surface area contributed by atoms with Crippen LogP contribution in [0.1, 0.15) is 28.4 Å². The fourth-order valence-corrected chi connectivity index (χ4v) is 2.33. The largest absolute Gasteiger partial charge is 0.463 e. The fourth-order valence-electron chi connectivity index (χ4n) is 1.93. The second-order valence-corrected chi connectivity index (χ2v) is 5.20. The molecule has 0 aliphatic rings. The van der Waals surface area contributed by atoms with Gasteiger partial charge in [-0.05, 0) is 60.6 Å². The summed E-state index contributed by atoms with van der Waals surface area (Å²) in [5, 5.41) is 0.396. The fraction of sp³-hybridized carbons (Fsp3) is 0.231. The number of rotatable bonds is 1. The molecule has 0 amide bonds. The van der Waals surface area contributed by atoms with E-state index in [9.17, 15) is 9.59 Å². The van der Waals surface area contributed by atoms with E-state index in [2.05, 4.69) is 0 Å². The molecule has 2 aromatic rings. The zero-order valence-corrected chi connectivity index (χ0v) is 11.9. The predicted molar refractivity (Wildman–Crippen MR) is 74.7 cm³/mol. The Balaban J connectivity index is 3.12. The third-order valence-electron chi connectivity index (χ3n) is 2.90. The minimum atomic E-state index is -0.139. The maximum Gasteiger partial charge on any atom is 0.206 e. The normalized spacial score (nSPS) is 10.8. The van der Waals surface area contributed by atoms with E-state index in [1.54, 1.807) is 6.07 Å². The average molecular weight is 342 g/mol. The number of benzene rings is 1. The van der Waals surface area contributed by atoms with E-state index in [0.717, 1.165) is 11.1 Å². The Morgan fingerprint density at radius 2 is 2.00 bits per heavy atom. The number of ketones is 1. The van der Waals surface area contributed by atoms with Gasteiger partial charge in [0.25, 0.3) is 0 Å². The first kappa shape index (κ1) is 12.3. The van der Waals surface area contributed by atoms with Crippen molar-refractivity contribution in [3.05, 3.63) is 42.8 Å². The summed E-state index contributed by atoms with van der Waals surface area (Å²) >= 11 is 1.92. The SMILES string of the molecule is CC(=O)c1c(C)c(C)cc2occ(I)c(=O)c12. The molecule has 2 rings (SSSR count). The Morgan fingerprint density at radius 1 is 1.35 bits per heavy atom. The van der Waals surface area contributed by atoms with Crippen LogP contribution in [-0.2, 0) is 0 Å². The summed E-state index contributed by atoms with van der Waals surface area (Å²) in [5.74, 6) is -0.106. The molecule has 0 atom stereocenters. The topological polar surface area (TPSA) is 47.3 Å². The second kappa shape index (κ2) is 4.25. The Kier molecular flexibility index (Phi) is 3.07. The molecule has 4 heteroatoms. The number of halogens is 1. The third kappa shape index (κ3) is 1.90. The molecule has 0 bridgehead atoms.